The number of carbonyl (C=O) groups is 17. The number of aliphatic hydroxyl groups excluding tert-OH is 2. The van der Waals surface area contributed by atoms with Gasteiger partial charge in [0, 0.05) is 137 Å². The van der Waals surface area contributed by atoms with Crippen molar-refractivity contribution in [1.82, 2.24) is 82.3 Å². The summed E-state index contributed by atoms with van der Waals surface area (Å²) < 4.78 is 0. The van der Waals surface area contributed by atoms with Gasteiger partial charge in [-0.05, 0) is 111 Å². The Morgan fingerprint density at radius 2 is 1.15 bits per heavy atom. The number of aromatic nitrogens is 2. The summed E-state index contributed by atoms with van der Waals surface area (Å²) in [6.45, 7) is 7.61. The van der Waals surface area contributed by atoms with Gasteiger partial charge in [-0.2, -0.15) is 0 Å². The smallest absolute Gasteiger partial charge is 0.303 e. The molecule has 0 aliphatic carbocycles. The Hall–Kier alpha value is -12.6. The van der Waals surface area contributed by atoms with Gasteiger partial charge in [0.2, 0.25) is 88.6 Å². The van der Waals surface area contributed by atoms with Crippen LogP contribution in [-0.4, -0.2) is 305 Å². The first-order chi connectivity index (χ1) is 62.4. The summed E-state index contributed by atoms with van der Waals surface area (Å²) in [7, 11) is 3.98. The molecule has 0 unspecified atom stereocenters. The van der Waals surface area contributed by atoms with Gasteiger partial charge >= 0.3 is 5.97 Å². The number of aliphatic hydroxyl groups is 2. The van der Waals surface area contributed by atoms with Crippen LogP contribution in [0.25, 0.3) is 21.8 Å². The van der Waals surface area contributed by atoms with Gasteiger partial charge in [-0.1, -0.05) is 102 Å². The van der Waals surface area contributed by atoms with Crippen molar-refractivity contribution in [3.8, 4) is 5.75 Å². The van der Waals surface area contributed by atoms with E-state index in [2.05, 4.69) is 62.8 Å². The molecule has 17 N–H and O–H groups in total. The number of carboxylic acid groups (broad SMARTS) is 1. The topological polar surface area (TPSA) is 566 Å². The Labute approximate surface area is 763 Å². The highest BCUT2D eigenvalue weighted by Gasteiger charge is 2.47. The third-order valence-corrected chi connectivity index (χ3v) is 25.3. The zero-order valence-corrected chi connectivity index (χ0v) is 76.2. The first-order valence-corrected chi connectivity index (χ1v) is 45.6. The molecule has 3 fully saturated rings. The number of nitrogens with zero attached hydrogens (tertiary/aromatic N) is 6. The fourth-order valence-corrected chi connectivity index (χ4v) is 17.5. The van der Waals surface area contributed by atoms with Crippen LogP contribution < -0.4 is 53.6 Å². The van der Waals surface area contributed by atoms with Gasteiger partial charge in [0.15, 0.2) is 5.78 Å². The number of ketones is 1. The number of hydrogen-bond donors (Lipinski definition) is 16. The maximum Gasteiger partial charge on any atom is 0.303 e. The summed E-state index contributed by atoms with van der Waals surface area (Å²) in [5.41, 5.74) is 8.71. The number of carboxylic acids is 1. The number of thioether (sulfide) groups is 1. The average molecular weight is 1840 g/mol. The number of aliphatic carboxylic acids is 1. The SMILES string of the molecule is CCCC[C@H]1C(=O)N(C)[C@@H](CCCC)C(=O)N[C@@H](C)C(=O)N[C@H](C(=O)NCC(N)=O)CSCC(=O)N[C@@H](Cc2ccc(O)cc2)C(=O)N(C)[C@H](C)C(=O)C[C@@H](CCC(=O)O)C(=O)N2CCC[C@H]2C(=O)N[C@@H](CC2=CN=CC2)C(=O)N[C@@H](CC(C)C)C(=O)N2C[C@H](O)C[C@H]2C(=O)N[C@@H](Cc2c[nH]c3ccccc23)C(=O)N[C@@H](CO)C(=O)N[C@@H](Cc2c[nH]c3ccccc23)C(=O)N1C. The average Bonchev–Trinajstić information content (AvgIpc) is 1.62. The van der Waals surface area contributed by atoms with Crippen LogP contribution in [0.5, 0.6) is 5.75 Å². The standard InChI is InChI=1S/C91H124N18O21S/c1-10-12-23-71-84(123)97-51(5)79(118)104-70(80(119)96-45-76(92)114)48-131-49-77(115)98-67(36-53-26-29-58(111)30-27-53)88(127)105(7)52(6)75(113)40-55(28-31-78(116)117)87(126)108-34-18-25-72(108)85(124)99-64(37-54-32-33-93-42-54)81(120)101-66(35-50(3)4)90(129)109-46-59(112)41-74(109)86(125)100-65(38-56-43-94-62-21-16-14-19-60(56)62)82(121)103-69(47-110)83(122)102-68(39-57-44-95-63-22-17-15-20-61(57)63)89(128)107(9)73(24-13-11-2)91(130)106(71)8/h14-17,19-22,26-27,29-30,33,42-44,50-52,55,59,64-74,94-95,110-112H,10-13,18,23-25,28,31-32,34-41,45-49H2,1-9H3,(H2,92,114)(H,96,119)(H,97,123)(H,98,115)(H,99,124)(H,100,125)(H,101,120)(H,102,122)(H,103,121)(H,104,118)(H,116,117)/t51-,52+,55+,59+,64-,65-,66-,67-,68-,69-,70-,71-,72-,73-,74-/m0/s1. The Morgan fingerprint density at radius 1 is 0.595 bits per heavy atom. The molecular weight excluding hydrogens is 1710 g/mol. The number of aromatic hydroxyl groups is 1. The van der Waals surface area contributed by atoms with Gasteiger partial charge in [-0.15, -0.1) is 11.8 Å². The summed E-state index contributed by atoms with van der Waals surface area (Å²) in [5.74, 6) is -18.1. The number of phenolic OH excluding ortho intramolecular Hbond substituents is 1. The second-order valence-electron chi connectivity index (χ2n) is 34.5. The van der Waals surface area contributed by atoms with Crippen LogP contribution in [0.3, 0.4) is 0 Å². The number of primary amides is 1. The lowest BCUT2D eigenvalue weighted by Crippen LogP contribution is -2.61. The fourth-order valence-electron chi connectivity index (χ4n) is 16.7. The molecule has 2 aromatic heterocycles. The van der Waals surface area contributed by atoms with E-state index in [4.69, 9.17) is 5.73 Å². The van der Waals surface area contributed by atoms with Crippen molar-refractivity contribution >= 4 is 140 Å². The fraction of sp³-hybridized carbons (Fsp3) is 0.538. The number of Topliss-reactive ketones (excluding diaryl/α,β-unsaturated/α-hetero) is 1. The lowest BCUT2D eigenvalue weighted by molar-refractivity contribution is -0.149. The van der Waals surface area contributed by atoms with Crippen molar-refractivity contribution < 1.29 is 102 Å². The van der Waals surface area contributed by atoms with Crippen LogP contribution in [-0.2, 0) is 101 Å². The van der Waals surface area contributed by atoms with Crippen LogP contribution in [0.2, 0.25) is 0 Å². The third-order valence-electron chi connectivity index (χ3n) is 24.2. The zero-order valence-electron chi connectivity index (χ0n) is 75.3. The molecule has 15 atom stereocenters. The van der Waals surface area contributed by atoms with Crippen molar-refractivity contribution in [2.75, 3.05) is 58.9 Å². The van der Waals surface area contributed by atoms with E-state index in [1.807, 2.05) is 13.8 Å². The maximum absolute atomic E-state index is 15.6. The van der Waals surface area contributed by atoms with E-state index in [1.165, 1.54) is 70.4 Å². The van der Waals surface area contributed by atoms with Crippen LogP contribution in [0.15, 0.2) is 102 Å². The van der Waals surface area contributed by atoms with Crippen molar-refractivity contribution in [1.29, 1.82) is 0 Å². The van der Waals surface area contributed by atoms with Crippen molar-refractivity contribution in [2.45, 2.75) is 242 Å². The number of para-hydroxylation sites is 2. The Balaban J connectivity index is 1.08. The number of H-pyrrole nitrogens is 2. The van der Waals surface area contributed by atoms with E-state index < -0.39 is 236 Å². The van der Waals surface area contributed by atoms with E-state index in [0.29, 0.717) is 69.8 Å². The maximum atomic E-state index is 15.6. The lowest BCUT2D eigenvalue weighted by atomic mass is 9.92. The number of aromatic amines is 2. The Kier molecular flexibility index (Phi) is 37.7. The number of fused-ring (bicyclic) bond motifs is 4. The normalized spacial score (nSPS) is 25.7. The van der Waals surface area contributed by atoms with Gasteiger partial charge in [0.25, 0.3) is 0 Å². The van der Waals surface area contributed by atoms with E-state index in [1.54, 1.807) is 81.0 Å². The molecule has 15 amide bonds. The highest BCUT2D eigenvalue weighted by molar-refractivity contribution is 8.00. The summed E-state index contributed by atoms with van der Waals surface area (Å²) in [6.07, 6.45) is 4.24. The van der Waals surface area contributed by atoms with Crippen molar-refractivity contribution in [3.63, 3.8) is 0 Å². The summed E-state index contributed by atoms with van der Waals surface area (Å²) in [6, 6.07) is 0.443. The number of nitrogens with one attached hydrogen (secondary N) is 11. The number of unbranched alkanes of at least 4 members (excludes halogenated alkanes) is 2. The molecule has 131 heavy (non-hydrogen) atoms. The van der Waals surface area contributed by atoms with Gasteiger partial charge in [-0.25, -0.2) is 0 Å². The molecule has 5 aromatic rings. The lowest BCUT2D eigenvalue weighted by Gasteiger charge is -2.36. The highest BCUT2D eigenvalue weighted by atomic mass is 32.2. The predicted octanol–water partition coefficient (Wildman–Crippen LogP) is 0.690. The van der Waals surface area contributed by atoms with Gasteiger partial charge in [0.1, 0.15) is 78.3 Å². The Bertz CT molecular complexity index is 5040. The number of phenols is 1. The molecule has 710 valence electrons. The second-order valence-corrected chi connectivity index (χ2v) is 35.5. The van der Waals surface area contributed by atoms with E-state index >= 15 is 38.4 Å². The molecule has 0 saturated carbocycles. The quantitative estimate of drug-likeness (QED) is 0.0428. The molecule has 3 aromatic carbocycles. The molecule has 4 aliphatic heterocycles. The number of nitrogens with two attached hydrogens (primary N) is 1. The van der Waals surface area contributed by atoms with Crippen molar-refractivity contribution in [2.24, 2.45) is 22.6 Å². The van der Waals surface area contributed by atoms with E-state index in [9.17, 15) is 63.6 Å². The number of hydrogen-bond acceptors (Lipinski definition) is 22. The van der Waals surface area contributed by atoms with Crippen LogP contribution in [0.4, 0.5) is 0 Å². The van der Waals surface area contributed by atoms with Crippen LogP contribution in [0.1, 0.15) is 155 Å². The van der Waals surface area contributed by atoms with Crippen LogP contribution in [0, 0.1) is 11.8 Å². The largest absolute Gasteiger partial charge is 0.508 e. The highest BCUT2D eigenvalue weighted by Crippen LogP contribution is 2.30. The van der Waals surface area contributed by atoms with E-state index in [-0.39, 0.29) is 94.6 Å². The molecule has 0 spiro atoms. The first kappa shape index (κ1) is 102. The molecule has 40 heteroatoms. The molecule has 4 aliphatic rings. The van der Waals surface area contributed by atoms with Gasteiger partial charge in [-0.3, -0.25) is 86.5 Å². The minimum absolute atomic E-state index is 0.0213. The predicted molar refractivity (Wildman–Crippen MR) is 484 cm³/mol. The number of benzene rings is 3. The van der Waals surface area contributed by atoms with Gasteiger partial charge < -0.3 is 108 Å². The first-order valence-electron chi connectivity index (χ1n) is 44.5. The molecule has 6 heterocycles. The van der Waals surface area contributed by atoms with Crippen molar-refractivity contribution in [3.05, 3.63) is 114 Å². The van der Waals surface area contributed by atoms with Gasteiger partial charge in [0.05, 0.1) is 31.1 Å². The molecule has 3 saturated heterocycles. The summed E-state index contributed by atoms with van der Waals surface area (Å²) >= 11 is 0.793. The molecule has 39 nitrogen and oxygen atoms in total. The second kappa shape index (κ2) is 48.3. The summed E-state index contributed by atoms with van der Waals surface area (Å²) in [4.78, 5) is 264. The minimum Gasteiger partial charge on any atom is -0.508 e. The molecular formula is C91H124N18O21S. The summed E-state index contributed by atoms with van der Waals surface area (Å²) in [5, 5.41) is 68.1. The molecule has 0 radical (unpaired) electrons. The van der Waals surface area contributed by atoms with Crippen LogP contribution >= 0.6 is 11.8 Å². The minimum atomic E-state index is -1.87. The Morgan fingerprint density at radius 3 is 1.75 bits per heavy atom. The van der Waals surface area contributed by atoms with E-state index in [0.717, 1.165) is 31.4 Å². The number of likely N-dealkylation sites (N-methyl/N-ethyl adjacent to an activating group) is 3. The monoisotopic (exact) mass is 1840 g/mol. The third kappa shape index (κ3) is 28.0. The number of amides is 15. The number of carbonyl (C=O) groups excluding carboxylic acids is 16. The molecule has 0 bridgehead atoms. The number of aliphatic imine (C=N–C) groups is 1. The zero-order chi connectivity index (χ0) is 95.6. The molecule has 9 rings (SSSR count). The number of rotatable bonds is 23.